The molecule has 0 radical (unpaired) electrons. The summed E-state index contributed by atoms with van der Waals surface area (Å²) in [5.41, 5.74) is 11.3. The van der Waals surface area contributed by atoms with Crippen molar-refractivity contribution in [1.29, 1.82) is 0 Å². The molecule has 0 unspecified atom stereocenters. The standard InChI is InChI=1S/C20H18F2N4O2/c21-17(22)13-5-2-6-14-15(13)20(28)26(19(25-14)16(23)10-7-8-10)12-4-1-3-11(9-12)18(24)27/h1-6,9-10,16-17H,7-8,23H2,(H2,24,27)/t16-/m0/s1. The van der Waals surface area contributed by atoms with Gasteiger partial charge in [0.15, 0.2) is 0 Å². The van der Waals surface area contributed by atoms with Crippen LogP contribution in [0.1, 0.15) is 47.1 Å². The van der Waals surface area contributed by atoms with Crippen molar-refractivity contribution in [2.24, 2.45) is 17.4 Å². The SMILES string of the molecule is NC(=O)c1cccc(-n2c([C@@H](N)C3CC3)nc3cccc(C(F)F)c3c2=O)c1. The minimum Gasteiger partial charge on any atom is -0.366 e. The van der Waals surface area contributed by atoms with E-state index in [1.165, 1.54) is 34.9 Å². The summed E-state index contributed by atoms with van der Waals surface area (Å²) in [5, 5.41) is -0.159. The van der Waals surface area contributed by atoms with Gasteiger partial charge in [-0.2, -0.15) is 0 Å². The summed E-state index contributed by atoms with van der Waals surface area (Å²) in [7, 11) is 0. The van der Waals surface area contributed by atoms with Crippen molar-refractivity contribution in [1.82, 2.24) is 9.55 Å². The summed E-state index contributed by atoms with van der Waals surface area (Å²) in [6, 6.07) is 9.76. The number of benzene rings is 2. The molecule has 0 bridgehead atoms. The highest BCUT2D eigenvalue weighted by atomic mass is 19.3. The molecule has 8 heteroatoms. The maximum atomic E-state index is 13.5. The Labute approximate surface area is 158 Å². The Kier molecular flexibility index (Phi) is 4.43. The van der Waals surface area contributed by atoms with Gasteiger partial charge in [0.25, 0.3) is 12.0 Å². The van der Waals surface area contributed by atoms with E-state index < -0.39 is 23.9 Å². The van der Waals surface area contributed by atoms with E-state index in [-0.39, 0.29) is 33.8 Å². The molecular weight excluding hydrogens is 366 g/mol. The summed E-state index contributed by atoms with van der Waals surface area (Å²) in [6.45, 7) is 0. The molecule has 0 spiro atoms. The van der Waals surface area contributed by atoms with E-state index in [4.69, 9.17) is 11.5 Å². The molecule has 6 nitrogen and oxygen atoms in total. The lowest BCUT2D eigenvalue weighted by atomic mass is 10.1. The molecule has 1 aromatic heterocycles. The largest absolute Gasteiger partial charge is 0.366 e. The van der Waals surface area contributed by atoms with Gasteiger partial charge in [-0.25, -0.2) is 13.8 Å². The lowest BCUT2D eigenvalue weighted by Crippen LogP contribution is -2.30. The molecule has 1 aliphatic rings. The van der Waals surface area contributed by atoms with Crippen LogP contribution >= 0.6 is 0 Å². The fraction of sp³-hybridized carbons (Fsp3) is 0.250. The number of carbonyl (C=O) groups is 1. The van der Waals surface area contributed by atoms with Gasteiger partial charge in [-0.15, -0.1) is 0 Å². The van der Waals surface area contributed by atoms with Crippen molar-refractivity contribution in [3.8, 4) is 5.69 Å². The second kappa shape index (κ2) is 6.79. The predicted molar refractivity (Wildman–Crippen MR) is 100 cm³/mol. The number of rotatable bonds is 5. The molecule has 0 saturated heterocycles. The Balaban J connectivity index is 2.07. The number of carbonyl (C=O) groups excluding carboxylic acids is 1. The third-order valence-corrected chi connectivity index (χ3v) is 5.01. The zero-order valence-corrected chi connectivity index (χ0v) is 14.8. The molecule has 144 valence electrons. The highest BCUT2D eigenvalue weighted by Gasteiger charge is 2.33. The van der Waals surface area contributed by atoms with Crippen LogP contribution in [0.15, 0.2) is 47.3 Å². The van der Waals surface area contributed by atoms with Crippen molar-refractivity contribution in [3.63, 3.8) is 0 Å². The first-order chi connectivity index (χ1) is 13.4. The molecule has 1 saturated carbocycles. The quantitative estimate of drug-likeness (QED) is 0.706. The molecule has 3 aromatic rings. The van der Waals surface area contributed by atoms with Gasteiger partial charge >= 0.3 is 0 Å². The average molecular weight is 384 g/mol. The van der Waals surface area contributed by atoms with Crippen molar-refractivity contribution >= 4 is 16.8 Å². The van der Waals surface area contributed by atoms with Crippen molar-refractivity contribution in [2.75, 3.05) is 0 Å². The van der Waals surface area contributed by atoms with Gasteiger partial charge in [0.2, 0.25) is 5.91 Å². The molecular formula is C20H18F2N4O2. The van der Waals surface area contributed by atoms with E-state index >= 15 is 0 Å². The molecule has 1 amide bonds. The van der Waals surface area contributed by atoms with E-state index in [9.17, 15) is 18.4 Å². The number of nitrogens with two attached hydrogens (primary N) is 2. The smallest absolute Gasteiger partial charge is 0.266 e. The van der Waals surface area contributed by atoms with Gasteiger partial charge in [0, 0.05) is 11.1 Å². The Morgan fingerprint density at radius 1 is 1.18 bits per heavy atom. The van der Waals surface area contributed by atoms with Gasteiger partial charge in [0.1, 0.15) is 5.82 Å². The Morgan fingerprint density at radius 3 is 2.54 bits per heavy atom. The lowest BCUT2D eigenvalue weighted by molar-refractivity contribution is 0.1000. The van der Waals surface area contributed by atoms with Gasteiger partial charge < -0.3 is 11.5 Å². The minimum atomic E-state index is -2.83. The number of amides is 1. The van der Waals surface area contributed by atoms with Crippen LogP contribution in [0.3, 0.4) is 0 Å². The molecule has 2 aromatic carbocycles. The number of alkyl halides is 2. The number of hydrogen-bond donors (Lipinski definition) is 2. The van der Waals surface area contributed by atoms with E-state index in [2.05, 4.69) is 4.98 Å². The molecule has 1 atom stereocenters. The third-order valence-electron chi connectivity index (χ3n) is 5.01. The van der Waals surface area contributed by atoms with E-state index in [1.807, 2.05) is 0 Å². The van der Waals surface area contributed by atoms with Crippen molar-refractivity contribution in [2.45, 2.75) is 25.3 Å². The topological polar surface area (TPSA) is 104 Å². The van der Waals surface area contributed by atoms with Crippen LogP contribution in [0, 0.1) is 5.92 Å². The summed E-state index contributed by atoms with van der Waals surface area (Å²) in [4.78, 5) is 29.4. The second-order valence-electron chi connectivity index (χ2n) is 6.93. The number of primary amides is 1. The maximum absolute atomic E-state index is 13.5. The molecule has 4 rings (SSSR count). The van der Waals surface area contributed by atoms with Gasteiger partial charge in [-0.05, 0) is 43.0 Å². The van der Waals surface area contributed by atoms with E-state index in [0.29, 0.717) is 5.69 Å². The fourth-order valence-electron chi connectivity index (χ4n) is 3.39. The minimum absolute atomic E-state index is 0.159. The third kappa shape index (κ3) is 3.05. The summed E-state index contributed by atoms with van der Waals surface area (Å²) in [5.74, 6) is -0.203. The first-order valence-corrected chi connectivity index (χ1v) is 8.88. The molecule has 1 fully saturated rings. The monoisotopic (exact) mass is 384 g/mol. The highest BCUT2D eigenvalue weighted by molar-refractivity contribution is 5.93. The summed E-state index contributed by atoms with van der Waals surface area (Å²) < 4.78 is 28.3. The first-order valence-electron chi connectivity index (χ1n) is 8.88. The number of nitrogens with zero attached hydrogens (tertiary/aromatic N) is 2. The lowest BCUT2D eigenvalue weighted by Gasteiger charge is -2.19. The van der Waals surface area contributed by atoms with Crippen molar-refractivity contribution in [3.05, 3.63) is 69.8 Å². The molecule has 1 aliphatic carbocycles. The molecule has 4 N–H and O–H groups in total. The molecule has 0 aliphatic heterocycles. The van der Waals surface area contributed by atoms with Crippen LogP contribution in [-0.4, -0.2) is 15.5 Å². The summed E-state index contributed by atoms with van der Waals surface area (Å²) >= 11 is 0. The van der Waals surface area contributed by atoms with E-state index in [0.717, 1.165) is 12.8 Å². The number of fused-ring (bicyclic) bond motifs is 1. The number of halogens is 2. The van der Waals surface area contributed by atoms with Gasteiger partial charge in [0.05, 0.1) is 22.6 Å². The first kappa shape index (κ1) is 18.2. The van der Waals surface area contributed by atoms with Crippen LogP contribution in [0.25, 0.3) is 16.6 Å². The summed E-state index contributed by atoms with van der Waals surface area (Å²) in [6.07, 6.45) is -1.01. The fourth-order valence-corrected chi connectivity index (χ4v) is 3.39. The van der Waals surface area contributed by atoms with Crippen LogP contribution in [0.2, 0.25) is 0 Å². The Morgan fingerprint density at radius 2 is 1.89 bits per heavy atom. The molecule has 28 heavy (non-hydrogen) atoms. The Bertz CT molecular complexity index is 1140. The van der Waals surface area contributed by atoms with Crippen LogP contribution in [0.5, 0.6) is 0 Å². The van der Waals surface area contributed by atoms with Gasteiger partial charge in [-0.1, -0.05) is 18.2 Å². The van der Waals surface area contributed by atoms with Crippen LogP contribution in [-0.2, 0) is 0 Å². The zero-order chi connectivity index (χ0) is 20.0. The zero-order valence-electron chi connectivity index (χ0n) is 14.8. The number of hydrogen-bond acceptors (Lipinski definition) is 4. The van der Waals surface area contributed by atoms with Gasteiger partial charge in [-0.3, -0.25) is 14.2 Å². The predicted octanol–water partition coefficient (Wildman–Crippen LogP) is 2.83. The second-order valence-corrected chi connectivity index (χ2v) is 6.93. The van der Waals surface area contributed by atoms with Crippen molar-refractivity contribution < 1.29 is 13.6 Å². The average Bonchev–Trinajstić information content (AvgIpc) is 3.52. The van der Waals surface area contributed by atoms with E-state index in [1.54, 1.807) is 12.1 Å². The highest BCUT2D eigenvalue weighted by Crippen LogP contribution is 2.39. The normalized spacial score (nSPS) is 15.1. The maximum Gasteiger partial charge on any atom is 0.266 e. The van der Waals surface area contributed by atoms with Crippen LogP contribution < -0.4 is 17.0 Å². The number of aromatic nitrogens is 2. The Hall–Kier alpha value is -3.13. The molecule has 1 heterocycles. The van der Waals surface area contributed by atoms with Crippen LogP contribution in [0.4, 0.5) is 8.78 Å².